The molecule has 6 heteroatoms. The van der Waals surface area contributed by atoms with Crippen LogP contribution >= 0.6 is 11.8 Å². The number of fused-ring (bicyclic) bond motifs is 1. The Balaban J connectivity index is 1.71. The number of amides is 1. The molecular weight excluding hydrogens is 370 g/mol. The Labute approximate surface area is 168 Å². The third-order valence-electron chi connectivity index (χ3n) is 5.07. The number of piperidine rings is 1. The van der Waals surface area contributed by atoms with Crippen LogP contribution in [-0.2, 0) is 4.79 Å². The van der Waals surface area contributed by atoms with Gasteiger partial charge < -0.3 is 4.90 Å². The van der Waals surface area contributed by atoms with Gasteiger partial charge in [0.15, 0.2) is 5.16 Å². The van der Waals surface area contributed by atoms with Crippen LogP contribution in [0.25, 0.3) is 16.6 Å². The fourth-order valence-electron chi connectivity index (χ4n) is 3.49. The second kappa shape index (κ2) is 8.19. The molecule has 1 aromatic heterocycles. The van der Waals surface area contributed by atoms with E-state index in [9.17, 15) is 9.59 Å². The SMILES string of the molecule is Cc1ccc(-n2c(SCC(=O)N3CCCCC3)nc3ccccc3c2=O)cc1. The number of rotatable bonds is 4. The molecule has 0 radical (unpaired) electrons. The van der Waals surface area contributed by atoms with E-state index in [1.54, 1.807) is 10.6 Å². The van der Waals surface area contributed by atoms with Crippen LogP contribution in [0.5, 0.6) is 0 Å². The smallest absolute Gasteiger partial charge is 0.266 e. The first-order chi connectivity index (χ1) is 13.6. The van der Waals surface area contributed by atoms with Crippen LogP contribution in [0.4, 0.5) is 0 Å². The molecule has 1 saturated heterocycles. The van der Waals surface area contributed by atoms with E-state index in [1.807, 2.05) is 54.3 Å². The first-order valence-corrected chi connectivity index (χ1v) is 10.6. The summed E-state index contributed by atoms with van der Waals surface area (Å²) >= 11 is 1.34. The maximum Gasteiger partial charge on any atom is 0.266 e. The Morgan fingerprint density at radius 2 is 1.75 bits per heavy atom. The lowest BCUT2D eigenvalue weighted by molar-refractivity contribution is -0.129. The monoisotopic (exact) mass is 393 g/mol. The number of likely N-dealkylation sites (tertiary alicyclic amines) is 1. The molecule has 0 N–H and O–H groups in total. The maximum absolute atomic E-state index is 13.2. The van der Waals surface area contributed by atoms with Gasteiger partial charge >= 0.3 is 0 Å². The lowest BCUT2D eigenvalue weighted by Gasteiger charge is -2.26. The molecule has 1 amide bonds. The van der Waals surface area contributed by atoms with Crippen LogP contribution in [0.3, 0.4) is 0 Å². The third kappa shape index (κ3) is 3.83. The minimum atomic E-state index is -0.109. The van der Waals surface area contributed by atoms with E-state index in [4.69, 9.17) is 4.98 Å². The van der Waals surface area contributed by atoms with Crippen LogP contribution in [0, 0.1) is 6.92 Å². The number of aromatic nitrogens is 2. The molecule has 0 atom stereocenters. The summed E-state index contributed by atoms with van der Waals surface area (Å²) in [5.41, 5.74) is 2.44. The van der Waals surface area contributed by atoms with Gasteiger partial charge in [0.1, 0.15) is 0 Å². The molecule has 3 aromatic rings. The number of carbonyl (C=O) groups excluding carboxylic acids is 1. The number of hydrogen-bond acceptors (Lipinski definition) is 4. The summed E-state index contributed by atoms with van der Waals surface area (Å²) < 4.78 is 1.62. The summed E-state index contributed by atoms with van der Waals surface area (Å²) in [4.78, 5) is 32.4. The van der Waals surface area contributed by atoms with E-state index in [2.05, 4.69) is 0 Å². The highest BCUT2D eigenvalue weighted by Gasteiger charge is 2.19. The molecular formula is C22H23N3O2S. The van der Waals surface area contributed by atoms with Crippen LogP contribution < -0.4 is 5.56 Å². The normalized spacial score (nSPS) is 14.4. The number of benzene rings is 2. The van der Waals surface area contributed by atoms with E-state index in [0.29, 0.717) is 16.1 Å². The quantitative estimate of drug-likeness (QED) is 0.500. The van der Waals surface area contributed by atoms with Crippen molar-refractivity contribution in [3.63, 3.8) is 0 Å². The van der Waals surface area contributed by atoms with Crippen LogP contribution in [0.15, 0.2) is 58.5 Å². The van der Waals surface area contributed by atoms with Crippen molar-refractivity contribution < 1.29 is 4.79 Å². The van der Waals surface area contributed by atoms with Crippen molar-refractivity contribution in [2.24, 2.45) is 0 Å². The second-order valence-electron chi connectivity index (χ2n) is 7.12. The summed E-state index contributed by atoms with van der Waals surface area (Å²) in [6.07, 6.45) is 3.33. The van der Waals surface area contributed by atoms with Gasteiger partial charge in [-0.15, -0.1) is 0 Å². The standard InChI is InChI=1S/C22H23N3O2S/c1-16-9-11-17(12-10-16)25-21(27)18-7-3-4-8-19(18)23-22(25)28-15-20(26)24-13-5-2-6-14-24/h3-4,7-12H,2,5-6,13-15H2,1H3. The van der Waals surface area contributed by atoms with Gasteiger partial charge in [0.05, 0.1) is 22.3 Å². The zero-order chi connectivity index (χ0) is 19.5. The highest BCUT2D eigenvalue weighted by atomic mass is 32.2. The molecule has 0 aliphatic carbocycles. The van der Waals surface area contributed by atoms with Crippen molar-refractivity contribution in [3.05, 3.63) is 64.4 Å². The molecule has 0 unspecified atom stereocenters. The molecule has 1 aliphatic rings. The summed E-state index contributed by atoms with van der Waals surface area (Å²) in [5, 5.41) is 1.13. The van der Waals surface area contributed by atoms with E-state index in [1.165, 1.54) is 18.2 Å². The largest absolute Gasteiger partial charge is 0.342 e. The lowest BCUT2D eigenvalue weighted by Crippen LogP contribution is -2.36. The summed E-state index contributed by atoms with van der Waals surface area (Å²) in [7, 11) is 0. The van der Waals surface area contributed by atoms with Gasteiger partial charge in [0, 0.05) is 13.1 Å². The fourth-order valence-corrected chi connectivity index (χ4v) is 4.41. The number of carbonyl (C=O) groups is 1. The zero-order valence-electron chi connectivity index (χ0n) is 15.9. The Morgan fingerprint density at radius 3 is 2.50 bits per heavy atom. The summed E-state index contributed by atoms with van der Waals surface area (Å²) in [5.74, 6) is 0.402. The fraction of sp³-hybridized carbons (Fsp3) is 0.318. The van der Waals surface area contributed by atoms with E-state index < -0.39 is 0 Å². The Bertz CT molecular complexity index is 1050. The highest BCUT2D eigenvalue weighted by molar-refractivity contribution is 7.99. The lowest BCUT2D eigenvalue weighted by atomic mass is 10.1. The summed E-state index contributed by atoms with van der Waals surface area (Å²) in [6.45, 7) is 3.67. The Morgan fingerprint density at radius 1 is 1.04 bits per heavy atom. The third-order valence-corrected chi connectivity index (χ3v) is 5.99. The van der Waals surface area contributed by atoms with Gasteiger partial charge in [-0.05, 0) is 50.5 Å². The molecule has 28 heavy (non-hydrogen) atoms. The van der Waals surface area contributed by atoms with Crippen LogP contribution in [-0.4, -0.2) is 39.2 Å². The molecule has 1 fully saturated rings. The van der Waals surface area contributed by atoms with E-state index in [-0.39, 0.29) is 17.2 Å². The molecule has 144 valence electrons. The van der Waals surface area contributed by atoms with Crippen LogP contribution in [0.2, 0.25) is 0 Å². The van der Waals surface area contributed by atoms with Gasteiger partial charge in [0.2, 0.25) is 5.91 Å². The maximum atomic E-state index is 13.2. The molecule has 5 nitrogen and oxygen atoms in total. The van der Waals surface area contributed by atoms with Gasteiger partial charge in [-0.2, -0.15) is 0 Å². The van der Waals surface area contributed by atoms with Crippen molar-refractivity contribution in [2.45, 2.75) is 31.3 Å². The first kappa shape index (κ1) is 18.7. The number of aryl methyl sites for hydroxylation is 1. The van der Waals surface area contributed by atoms with E-state index >= 15 is 0 Å². The zero-order valence-corrected chi connectivity index (χ0v) is 16.7. The van der Waals surface area contributed by atoms with Crippen molar-refractivity contribution in [1.82, 2.24) is 14.5 Å². The van der Waals surface area contributed by atoms with Gasteiger partial charge in [-0.3, -0.25) is 14.2 Å². The highest BCUT2D eigenvalue weighted by Crippen LogP contribution is 2.22. The van der Waals surface area contributed by atoms with E-state index in [0.717, 1.165) is 37.2 Å². The molecule has 2 aromatic carbocycles. The van der Waals surface area contributed by atoms with Gasteiger partial charge in [-0.1, -0.05) is 41.6 Å². The van der Waals surface area contributed by atoms with Crippen molar-refractivity contribution >= 4 is 28.6 Å². The predicted octanol–water partition coefficient (Wildman–Crippen LogP) is 3.80. The van der Waals surface area contributed by atoms with Crippen molar-refractivity contribution in [2.75, 3.05) is 18.8 Å². The van der Waals surface area contributed by atoms with Gasteiger partial charge in [0.25, 0.3) is 5.56 Å². The number of para-hydroxylation sites is 1. The van der Waals surface area contributed by atoms with Crippen molar-refractivity contribution in [1.29, 1.82) is 0 Å². The number of thioether (sulfide) groups is 1. The van der Waals surface area contributed by atoms with Crippen molar-refractivity contribution in [3.8, 4) is 5.69 Å². The minimum Gasteiger partial charge on any atom is -0.342 e. The average molecular weight is 394 g/mol. The van der Waals surface area contributed by atoms with Crippen LogP contribution in [0.1, 0.15) is 24.8 Å². The Kier molecular flexibility index (Phi) is 5.48. The molecule has 0 spiro atoms. The minimum absolute atomic E-state index is 0.109. The number of hydrogen-bond donors (Lipinski definition) is 0. The first-order valence-electron chi connectivity index (χ1n) is 9.63. The molecule has 4 rings (SSSR count). The molecule has 0 bridgehead atoms. The summed E-state index contributed by atoms with van der Waals surface area (Å²) in [6, 6.07) is 15.1. The van der Waals surface area contributed by atoms with Gasteiger partial charge in [-0.25, -0.2) is 4.98 Å². The molecule has 0 saturated carbocycles. The molecule has 1 aliphatic heterocycles. The predicted molar refractivity (Wildman–Crippen MR) is 113 cm³/mol. The second-order valence-corrected chi connectivity index (χ2v) is 8.06. The molecule has 2 heterocycles. The topological polar surface area (TPSA) is 55.2 Å². The average Bonchev–Trinajstić information content (AvgIpc) is 2.74. The Hall–Kier alpha value is -2.60. The number of nitrogens with zero attached hydrogens (tertiary/aromatic N) is 3.